The van der Waals surface area contributed by atoms with Crippen LogP contribution in [0, 0.1) is 6.92 Å². The quantitative estimate of drug-likeness (QED) is 0.428. The lowest BCUT2D eigenvalue weighted by atomic mass is 10.1. The van der Waals surface area contributed by atoms with Crippen LogP contribution in [0.2, 0.25) is 0 Å². The summed E-state index contributed by atoms with van der Waals surface area (Å²) in [5.74, 6) is 0.921. The standard InChI is InChI=1S/C21H20N6O3S/c1-13-3-7-15(8-4-13)22-18(28)12-31-21-25-24-20-23-19(29)17(26-27(20)21)11-14-5-9-16(30-2)10-6-14/h3-10H,11-12H2,1-2H3,(H,22,28)(H,23,24,29). The highest BCUT2D eigenvalue weighted by Gasteiger charge is 2.14. The van der Waals surface area contributed by atoms with Crippen molar-refractivity contribution in [3.63, 3.8) is 0 Å². The predicted octanol–water partition coefficient (Wildman–Crippen LogP) is 2.45. The van der Waals surface area contributed by atoms with Crippen molar-refractivity contribution in [2.45, 2.75) is 18.5 Å². The molecule has 0 fully saturated rings. The number of methoxy groups -OCH3 is 1. The number of nitrogens with one attached hydrogen (secondary N) is 2. The van der Waals surface area contributed by atoms with E-state index < -0.39 is 0 Å². The first-order chi connectivity index (χ1) is 15.0. The maximum absolute atomic E-state index is 12.4. The lowest BCUT2D eigenvalue weighted by Gasteiger charge is -2.05. The van der Waals surface area contributed by atoms with Crippen molar-refractivity contribution >= 4 is 29.1 Å². The second kappa shape index (κ2) is 9.00. The molecule has 31 heavy (non-hydrogen) atoms. The Morgan fingerprint density at radius 1 is 1.13 bits per heavy atom. The molecule has 0 aliphatic carbocycles. The SMILES string of the molecule is COc1ccc(Cc2nn3c(SCC(=O)Nc4ccc(C)cc4)nnc3[nH]c2=O)cc1. The second-order valence-corrected chi connectivity index (χ2v) is 7.79. The summed E-state index contributed by atoms with van der Waals surface area (Å²) in [5.41, 5.74) is 2.75. The minimum absolute atomic E-state index is 0.128. The summed E-state index contributed by atoms with van der Waals surface area (Å²) >= 11 is 1.19. The van der Waals surface area contributed by atoms with Crippen molar-refractivity contribution < 1.29 is 9.53 Å². The molecule has 0 aliphatic rings. The van der Waals surface area contributed by atoms with Gasteiger partial charge in [-0.15, -0.1) is 10.2 Å². The topological polar surface area (TPSA) is 114 Å². The maximum Gasteiger partial charge on any atom is 0.274 e. The average Bonchev–Trinajstić information content (AvgIpc) is 3.16. The Morgan fingerprint density at radius 3 is 2.58 bits per heavy atom. The number of rotatable bonds is 7. The van der Waals surface area contributed by atoms with E-state index in [-0.39, 0.29) is 23.0 Å². The third-order valence-electron chi connectivity index (χ3n) is 4.52. The van der Waals surface area contributed by atoms with Crippen molar-refractivity contribution in [1.82, 2.24) is 24.8 Å². The highest BCUT2D eigenvalue weighted by molar-refractivity contribution is 7.99. The molecule has 0 spiro atoms. The molecule has 0 aliphatic heterocycles. The van der Waals surface area contributed by atoms with Crippen molar-refractivity contribution in [1.29, 1.82) is 0 Å². The first kappa shape index (κ1) is 20.6. The minimum Gasteiger partial charge on any atom is -0.497 e. The second-order valence-electron chi connectivity index (χ2n) is 6.85. The number of aromatic amines is 1. The molecular weight excluding hydrogens is 416 g/mol. The van der Waals surface area contributed by atoms with Gasteiger partial charge in [0.25, 0.3) is 11.3 Å². The summed E-state index contributed by atoms with van der Waals surface area (Å²) in [6.45, 7) is 1.98. The van der Waals surface area contributed by atoms with E-state index >= 15 is 0 Å². The molecule has 2 aromatic heterocycles. The van der Waals surface area contributed by atoms with Crippen molar-refractivity contribution in [3.05, 3.63) is 75.7 Å². The van der Waals surface area contributed by atoms with Gasteiger partial charge in [0.05, 0.1) is 12.9 Å². The zero-order chi connectivity index (χ0) is 21.8. The summed E-state index contributed by atoms with van der Waals surface area (Å²) in [4.78, 5) is 27.3. The number of nitrogens with zero attached hydrogens (tertiary/aromatic N) is 4. The molecule has 0 radical (unpaired) electrons. The van der Waals surface area contributed by atoms with Gasteiger partial charge in [-0.1, -0.05) is 41.6 Å². The molecule has 1 amide bonds. The summed E-state index contributed by atoms with van der Waals surface area (Å²) in [6, 6.07) is 15.0. The van der Waals surface area contributed by atoms with Crippen LogP contribution in [0.15, 0.2) is 58.5 Å². The van der Waals surface area contributed by atoms with Gasteiger partial charge in [-0.2, -0.15) is 9.61 Å². The van der Waals surface area contributed by atoms with Gasteiger partial charge < -0.3 is 10.1 Å². The van der Waals surface area contributed by atoms with Gasteiger partial charge in [-0.3, -0.25) is 14.6 Å². The molecule has 158 valence electrons. The zero-order valence-corrected chi connectivity index (χ0v) is 17.8. The number of anilines is 1. The molecule has 4 aromatic rings. The van der Waals surface area contributed by atoms with Crippen LogP contribution >= 0.6 is 11.8 Å². The predicted molar refractivity (Wildman–Crippen MR) is 118 cm³/mol. The van der Waals surface area contributed by atoms with E-state index in [1.54, 1.807) is 7.11 Å². The van der Waals surface area contributed by atoms with Crippen LogP contribution in [0.25, 0.3) is 5.78 Å². The molecular formula is C21H20N6O3S. The van der Waals surface area contributed by atoms with Crippen molar-refractivity contribution in [2.24, 2.45) is 0 Å². The Morgan fingerprint density at radius 2 is 1.87 bits per heavy atom. The van der Waals surface area contributed by atoms with Crippen molar-refractivity contribution in [2.75, 3.05) is 18.2 Å². The van der Waals surface area contributed by atoms with E-state index in [0.29, 0.717) is 17.3 Å². The average molecular weight is 436 g/mol. The molecule has 9 nitrogen and oxygen atoms in total. The zero-order valence-electron chi connectivity index (χ0n) is 17.0. The molecule has 10 heteroatoms. The number of thioether (sulfide) groups is 1. The number of ether oxygens (including phenoxy) is 1. The van der Waals surface area contributed by atoms with Crippen LogP contribution in [0.3, 0.4) is 0 Å². The van der Waals surface area contributed by atoms with Gasteiger partial charge in [0.15, 0.2) is 0 Å². The fourth-order valence-electron chi connectivity index (χ4n) is 2.88. The highest BCUT2D eigenvalue weighted by Crippen LogP contribution is 2.17. The monoisotopic (exact) mass is 436 g/mol. The lowest BCUT2D eigenvalue weighted by molar-refractivity contribution is -0.113. The van der Waals surface area contributed by atoms with Crippen LogP contribution < -0.4 is 15.6 Å². The molecule has 0 atom stereocenters. The van der Waals surface area contributed by atoms with E-state index in [1.807, 2.05) is 55.5 Å². The molecule has 2 heterocycles. The Bertz CT molecular complexity index is 1270. The number of amides is 1. The summed E-state index contributed by atoms with van der Waals surface area (Å²) in [7, 11) is 1.60. The number of fused-ring (bicyclic) bond motifs is 1. The van der Waals surface area contributed by atoms with Gasteiger partial charge in [-0.25, -0.2) is 0 Å². The van der Waals surface area contributed by atoms with Gasteiger partial charge in [0.2, 0.25) is 11.1 Å². The Hall–Kier alpha value is -3.66. The fraction of sp³-hybridized carbons (Fsp3) is 0.190. The summed E-state index contributed by atoms with van der Waals surface area (Å²) < 4.78 is 6.60. The Balaban J connectivity index is 1.48. The number of aromatic nitrogens is 5. The number of aryl methyl sites for hydroxylation is 1. The number of benzene rings is 2. The van der Waals surface area contributed by atoms with E-state index in [1.165, 1.54) is 16.3 Å². The molecule has 0 saturated carbocycles. The number of hydrogen-bond donors (Lipinski definition) is 2. The highest BCUT2D eigenvalue weighted by atomic mass is 32.2. The largest absolute Gasteiger partial charge is 0.497 e. The summed E-state index contributed by atoms with van der Waals surface area (Å²) in [6.07, 6.45) is 0.339. The van der Waals surface area contributed by atoms with Crippen LogP contribution in [0.1, 0.15) is 16.8 Å². The minimum atomic E-state index is -0.329. The summed E-state index contributed by atoms with van der Waals surface area (Å²) in [5, 5.41) is 15.7. The van der Waals surface area contributed by atoms with Crippen molar-refractivity contribution in [3.8, 4) is 5.75 Å². The van der Waals surface area contributed by atoms with E-state index in [9.17, 15) is 9.59 Å². The van der Waals surface area contributed by atoms with Gasteiger partial charge >= 0.3 is 0 Å². The Labute approximate surface area is 181 Å². The first-order valence-corrected chi connectivity index (χ1v) is 10.5. The third kappa shape index (κ3) is 4.92. The van der Waals surface area contributed by atoms with Gasteiger partial charge in [0, 0.05) is 12.1 Å². The third-order valence-corrected chi connectivity index (χ3v) is 5.44. The van der Waals surface area contributed by atoms with Crippen LogP contribution in [0.4, 0.5) is 5.69 Å². The number of carbonyl (C=O) groups excluding carboxylic acids is 1. The normalized spacial score (nSPS) is 10.9. The smallest absolute Gasteiger partial charge is 0.274 e. The van der Waals surface area contributed by atoms with E-state index in [0.717, 1.165) is 22.6 Å². The molecule has 0 unspecified atom stereocenters. The Kier molecular flexibility index (Phi) is 5.99. The first-order valence-electron chi connectivity index (χ1n) is 9.48. The fourth-order valence-corrected chi connectivity index (χ4v) is 3.56. The molecule has 0 bridgehead atoms. The van der Waals surface area contributed by atoms with Gasteiger partial charge in [-0.05, 0) is 36.8 Å². The number of carbonyl (C=O) groups is 1. The molecule has 0 saturated heterocycles. The van der Waals surface area contributed by atoms with E-state index in [2.05, 4.69) is 25.6 Å². The maximum atomic E-state index is 12.4. The van der Waals surface area contributed by atoms with E-state index in [4.69, 9.17) is 4.74 Å². The molecule has 2 aromatic carbocycles. The van der Waals surface area contributed by atoms with Crippen LogP contribution in [0.5, 0.6) is 5.75 Å². The van der Waals surface area contributed by atoms with Gasteiger partial charge in [0.1, 0.15) is 11.4 Å². The number of H-pyrrole nitrogens is 1. The molecule has 4 rings (SSSR count). The van der Waals surface area contributed by atoms with Crippen LogP contribution in [-0.4, -0.2) is 43.6 Å². The molecule has 2 N–H and O–H groups in total. The lowest BCUT2D eigenvalue weighted by Crippen LogP contribution is -2.19. The number of hydrogen-bond acceptors (Lipinski definition) is 7. The van der Waals surface area contributed by atoms with Crippen LogP contribution in [-0.2, 0) is 11.2 Å².